The second-order valence-electron chi connectivity index (χ2n) is 5.54. The Hall–Kier alpha value is -3.41. The maximum absolute atomic E-state index is 12.3. The zero-order valence-corrected chi connectivity index (χ0v) is 14.7. The summed E-state index contributed by atoms with van der Waals surface area (Å²) >= 11 is 0. The number of benzene rings is 2. The van der Waals surface area contributed by atoms with Gasteiger partial charge in [0.1, 0.15) is 5.75 Å². The van der Waals surface area contributed by atoms with Crippen LogP contribution in [0.2, 0.25) is 0 Å². The van der Waals surface area contributed by atoms with Gasteiger partial charge in [0, 0.05) is 17.8 Å². The summed E-state index contributed by atoms with van der Waals surface area (Å²) in [7, 11) is 1.58. The van der Waals surface area contributed by atoms with Crippen LogP contribution in [0.3, 0.4) is 0 Å². The summed E-state index contributed by atoms with van der Waals surface area (Å²) in [6.07, 6.45) is 0. The molecule has 1 N–H and O–H groups in total. The van der Waals surface area contributed by atoms with E-state index in [1.807, 2.05) is 48.2 Å². The molecule has 0 bridgehead atoms. The molecular weight excluding hydrogens is 328 g/mol. The van der Waals surface area contributed by atoms with Crippen LogP contribution >= 0.6 is 0 Å². The van der Waals surface area contributed by atoms with Gasteiger partial charge in [-0.1, -0.05) is 18.2 Å². The number of para-hydroxylation sites is 1. The number of methoxy groups -OCH3 is 1. The molecule has 0 fully saturated rings. The Morgan fingerprint density at radius 2 is 1.73 bits per heavy atom. The van der Waals surface area contributed by atoms with Crippen LogP contribution in [-0.4, -0.2) is 29.8 Å². The lowest BCUT2D eigenvalue weighted by Gasteiger charge is -2.21. The minimum atomic E-state index is -0.245. The van der Waals surface area contributed by atoms with Crippen LogP contribution in [0, 0.1) is 0 Å². The highest BCUT2D eigenvalue weighted by atomic mass is 16.5. The van der Waals surface area contributed by atoms with E-state index in [4.69, 9.17) is 4.74 Å². The van der Waals surface area contributed by atoms with E-state index in [2.05, 4.69) is 15.5 Å². The molecule has 1 heterocycles. The fraction of sp³-hybridized carbons (Fsp3) is 0.150. The maximum atomic E-state index is 12.3. The van der Waals surface area contributed by atoms with E-state index in [0.29, 0.717) is 17.1 Å². The number of hydrogen-bond acceptors (Lipinski definition) is 5. The minimum absolute atomic E-state index is 0.245. The van der Waals surface area contributed by atoms with Crippen molar-refractivity contribution in [3.05, 3.63) is 72.3 Å². The molecule has 0 spiro atoms. The fourth-order valence-corrected chi connectivity index (χ4v) is 2.55. The van der Waals surface area contributed by atoms with Gasteiger partial charge in [0.25, 0.3) is 5.91 Å². The highest BCUT2D eigenvalue weighted by Gasteiger charge is 2.11. The molecule has 6 heteroatoms. The third-order valence-corrected chi connectivity index (χ3v) is 3.90. The molecule has 3 rings (SSSR count). The molecule has 6 nitrogen and oxygen atoms in total. The molecule has 132 valence electrons. The standard InChI is InChI=1S/C20H20N4O2/c1-3-24(16-7-5-4-6-8-16)19-14-13-18(22-23-19)21-20(25)15-9-11-17(26-2)12-10-15/h4-14H,3H2,1-2H3,(H,21,22,25). The lowest BCUT2D eigenvalue weighted by molar-refractivity contribution is 0.102. The number of hydrogen-bond donors (Lipinski definition) is 1. The summed E-state index contributed by atoms with van der Waals surface area (Å²) in [5.41, 5.74) is 1.57. The minimum Gasteiger partial charge on any atom is -0.497 e. The van der Waals surface area contributed by atoms with Crippen molar-refractivity contribution < 1.29 is 9.53 Å². The van der Waals surface area contributed by atoms with Gasteiger partial charge in [0.15, 0.2) is 11.6 Å². The third kappa shape index (κ3) is 3.97. The van der Waals surface area contributed by atoms with Crippen LogP contribution in [0.4, 0.5) is 17.3 Å². The average molecular weight is 348 g/mol. The number of carbonyl (C=O) groups excluding carboxylic acids is 1. The monoisotopic (exact) mass is 348 g/mol. The summed E-state index contributed by atoms with van der Waals surface area (Å²) in [6.45, 7) is 2.81. The molecule has 0 aliphatic rings. The summed E-state index contributed by atoms with van der Waals surface area (Å²) in [6, 6.07) is 20.4. The lowest BCUT2D eigenvalue weighted by Crippen LogP contribution is -2.18. The van der Waals surface area contributed by atoms with Gasteiger partial charge in [-0.25, -0.2) is 0 Å². The van der Waals surface area contributed by atoms with Crippen LogP contribution in [0.15, 0.2) is 66.7 Å². The van der Waals surface area contributed by atoms with E-state index in [0.717, 1.165) is 18.1 Å². The largest absolute Gasteiger partial charge is 0.497 e. The van der Waals surface area contributed by atoms with Gasteiger partial charge in [0.2, 0.25) is 0 Å². The van der Waals surface area contributed by atoms with Gasteiger partial charge in [-0.2, -0.15) is 0 Å². The summed E-state index contributed by atoms with van der Waals surface area (Å²) in [5, 5.41) is 11.1. The first-order valence-electron chi connectivity index (χ1n) is 8.33. The quantitative estimate of drug-likeness (QED) is 0.732. The predicted molar refractivity (Wildman–Crippen MR) is 102 cm³/mol. The SMILES string of the molecule is CCN(c1ccccc1)c1ccc(NC(=O)c2ccc(OC)cc2)nn1. The maximum Gasteiger partial charge on any atom is 0.256 e. The van der Waals surface area contributed by atoms with E-state index in [1.54, 1.807) is 37.4 Å². The molecule has 0 unspecified atom stereocenters. The van der Waals surface area contributed by atoms with Crippen LogP contribution in [0.1, 0.15) is 17.3 Å². The number of carbonyl (C=O) groups is 1. The molecule has 2 aromatic carbocycles. The molecule has 0 atom stereocenters. The molecule has 1 aromatic heterocycles. The molecule has 0 aliphatic heterocycles. The van der Waals surface area contributed by atoms with E-state index in [-0.39, 0.29) is 5.91 Å². The molecule has 1 amide bonds. The number of nitrogens with one attached hydrogen (secondary N) is 1. The van der Waals surface area contributed by atoms with Gasteiger partial charge >= 0.3 is 0 Å². The Balaban J connectivity index is 1.71. The number of nitrogens with zero attached hydrogens (tertiary/aromatic N) is 3. The fourth-order valence-electron chi connectivity index (χ4n) is 2.55. The van der Waals surface area contributed by atoms with Gasteiger partial charge in [0.05, 0.1) is 7.11 Å². The van der Waals surface area contributed by atoms with Crippen LogP contribution in [-0.2, 0) is 0 Å². The normalized spacial score (nSPS) is 10.2. The molecule has 26 heavy (non-hydrogen) atoms. The van der Waals surface area contributed by atoms with Gasteiger partial charge in [-0.15, -0.1) is 10.2 Å². The first-order chi connectivity index (χ1) is 12.7. The second kappa shape index (κ2) is 8.11. The zero-order valence-electron chi connectivity index (χ0n) is 14.7. The molecule has 0 aliphatic carbocycles. The van der Waals surface area contributed by atoms with Crippen molar-refractivity contribution in [3.8, 4) is 5.75 Å². The van der Waals surface area contributed by atoms with Crippen LogP contribution in [0.25, 0.3) is 0 Å². The van der Waals surface area contributed by atoms with E-state index in [1.165, 1.54) is 0 Å². The number of aromatic nitrogens is 2. The number of ether oxygens (including phenoxy) is 1. The van der Waals surface area contributed by atoms with Gasteiger partial charge in [-0.05, 0) is 55.5 Å². The van der Waals surface area contributed by atoms with Crippen LogP contribution < -0.4 is 15.0 Å². The Labute approximate surface area is 152 Å². The molecule has 0 saturated carbocycles. The van der Waals surface area contributed by atoms with Crippen LogP contribution in [0.5, 0.6) is 5.75 Å². The van der Waals surface area contributed by atoms with E-state index < -0.39 is 0 Å². The second-order valence-corrected chi connectivity index (χ2v) is 5.54. The highest BCUT2D eigenvalue weighted by Crippen LogP contribution is 2.23. The zero-order chi connectivity index (χ0) is 18.4. The number of anilines is 3. The van der Waals surface area contributed by atoms with Crippen molar-refractivity contribution >= 4 is 23.2 Å². The highest BCUT2D eigenvalue weighted by molar-refractivity contribution is 6.03. The van der Waals surface area contributed by atoms with E-state index in [9.17, 15) is 4.79 Å². The third-order valence-electron chi connectivity index (χ3n) is 3.90. The molecule has 0 radical (unpaired) electrons. The Bertz CT molecular complexity index is 849. The average Bonchev–Trinajstić information content (AvgIpc) is 2.70. The van der Waals surface area contributed by atoms with Gasteiger partial charge < -0.3 is 15.0 Å². The summed E-state index contributed by atoms with van der Waals surface area (Å²) in [4.78, 5) is 14.3. The van der Waals surface area contributed by atoms with Crippen molar-refractivity contribution in [2.45, 2.75) is 6.92 Å². The molecule has 3 aromatic rings. The number of amides is 1. The van der Waals surface area contributed by atoms with Gasteiger partial charge in [-0.3, -0.25) is 4.79 Å². The van der Waals surface area contributed by atoms with Crippen molar-refractivity contribution in [1.82, 2.24) is 10.2 Å². The smallest absolute Gasteiger partial charge is 0.256 e. The first kappa shape index (κ1) is 17.4. The first-order valence-corrected chi connectivity index (χ1v) is 8.33. The Kier molecular flexibility index (Phi) is 5.43. The summed E-state index contributed by atoms with van der Waals surface area (Å²) in [5.74, 6) is 1.58. The van der Waals surface area contributed by atoms with Crippen molar-refractivity contribution in [2.24, 2.45) is 0 Å². The van der Waals surface area contributed by atoms with Crippen molar-refractivity contribution in [3.63, 3.8) is 0 Å². The van der Waals surface area contributed by atoms with Crippen molar-refractivity contribution in [1.29, 1.82) is 0 Å². The number of rotatable bonds is 6. The van der Waals surface area contributed by atoms with E-state index >= 15 is 0 Å². The Morgan fingerprint density at radius 3 is 2.31 bits per heavy atom. The van der Waals surface area contributed by atoms with Crippen molar-refractivity contribution in [2.75, 3.05) is 23.9 Å². The predicted octanol–water partition coefficient (Wildman–Crippen LogP) is 3.90. The lowest BCUT2D eigenvalue weighted by atomic mass is 10.2. The molecule has 0 saturated heterocycles. The molecular formula is C20H20N4O2. The summed E-state index contributed by atoms with van der Waals surface area (Å²) < 4.78 is 5.09. The topological polar surface area (TPSA) is 67.4 Å². The Morgan fingerprint density at radius 1 is 1.00 bits per heavy atom.